The van der Waals surface area contributed by atoms with Crippen molar-refractivity contribution in [3.63, 3.8) is 0 Å². The Bertz CT molecular complexity index is 652. The number of fused-ring (bicyclic) bond motifs is 1. The predicted molar refractivity (Wildman–Crippen MR) is 80.1 cm³/mol. The Labute approximate surface area is 119 Å². The number of carbonyl (C=O) groups is 2. The summed E-state index contributed by atoms with van der Waals surface area (Å²) in [6.07, 6.45) is 0. The van der Waals surface area contributed by atoms with Crippen molar-refractivity contribution < 1.29 is 9.59 Å². The van der Waals surface area contributed by atoms with Gasteiger partial charge in [-0.05, 0) is 24.8 Å². The van der Waals surface area contributed by atoms with Gasteiger partial charge in [-0.2, -0.15) is 0 Å². The molecule has 0 spiro atoms. The Balaban J connectivity index is 2.23. The number of nitrogens with one attached hydrogen (secondary N) is 1. The maximum Gasteiger partial charge on any atom is 0.289 e. The standard InChI is InChI=1S/C13H10N2O2S2/c1-2-15-8-6-4-3-5-7(8)9(12(15)16)10-11(18)14-13(17)19-10/h3-6H,2H2,1H3,(H,14,17,18). The van der Waals surface area contributed by atoms with Crippen LogP contribution in [0.2, 0.25) is 0 Å². The van der Waals surface area contributed by atoms with Crippen molar-refractivity contribution in [3.8, 4) is 0 Å². The molecule has 1 saturated heterocycles. The molecule has 1 aromatic carbocycles. The second kappa shape index (κ2) is 4.47. The van der Waals surface area contributed by atoms with Crippen molar-refractivity contribution >= 4 is 51.4 Å². The molecule has 1 aromatic rings. The lowest BCUT2D eigenvalue weighted by atomic mass is 10.1. The number of carbonyl (C=O) groups excluding carboxylic acids is 2. The first-order chi connectivity index (χ1) is 9.13. The fourth-order valence-electron chi connectivity index (χ4n) is 2.29. The van der Waals surface area contributed by atoms with Gasteiger partial charge in [0.25, 0.3) is 11.1 Å². The molecule has 1 N–H and O–H groups in total. The lowest BCUT2D eigenvalue weighted by Gasteiger charge is -2.13. The number of para-hydroxylation sites is 1. The van der Waals surface area contributed by atoms with E-state index in [1.54, 1.807) is 4.90 Å². The van der Waals surface area contributed by atoms with Crippen molar-refractivity contribution in [3.05, 3.63) is 34.7 Å². The van der Waals surface area contributed by atoms with Crippen LogP contribution >= 0.6 is 24.0 Å². The summed E-state index contributed by atoms with van der Waals surface area (Å²) in [6.45, 7) is 2.51. The van der Waals surface area contributed by atoms with Crippen LogP contribution in [0.15, 0.2) is 29.2 Å². The lowest BCUT2D eigenvalue weighted by molar-refractivity contribution is -0.112. The van der Waals surface area contributed by atoms with E-state index in [1.165, 1.54) is 0 Å². The Kier molecular flexibility index (Phi) is 2.91. The maximum absolute atomic E-state index is 12.5. The smallest absolute Gasteiger partial charge is 0.289 e. The van der Waals surface area contributed by atoms with Gasteiger partial charge in [0.2, 0.25) is 0 Å². The molecule has 19 heavy (non-hydrogen) atoms. The molecule has 0 aliphatic carbocycles. The highest BCUT2D eigenvalue weighted by Gasteiger charge is 2.37. The minimum absolute atomic E-state index is 0.0925. The molecule has 1 fully saturated rings. The number of hydrogen-bond acceptors (Lipinski definition) is 4. The van der Waals surface area contributed by atoms with Gasteiger partial charge >= 0.3 is 0 Å². The third kappa shape index (κ3) is 1.79. The second-order valence-electron chi connectivity index (χ2n) is 4.11. The van der Waals surface area contributed by atoms with E-state index in [1.807, 2.05) is 31.2 Å². The number of thiocarbonyl (C=S) groups is 1. The largest absolute Gasteiger partial charge is 0.308 e. The molecule has 2 aliphatic rings. The van der Waals surface area contributed by atoms with Crippen LogP contribution < -0.4 is 10.2 Å². The van der Waals surface area contributed by atoms with Crippen LogP contribution in [0.5, 0.6) is 0 Å². The van der Waals surface area contributed by atoms with Crippen LogP contribution in [0.4, 0.5) is 10.5 Å². The highest BCUT2D eigenvalue weighted by atomic mass is 32.2. The summed E-state index contributed by atoms with van der Waals surface area (Å²) in [5, 5.41) is 2.33. The van der Waals surface area contributed by atoms with Gasteiger partial charge < -0.3 is 10.2 Å². The molecular formula is C13H10N2O2S2. The zero-order chi connectivity index (χ0) is 13.6. The number of rotatable bonds is 1. The molecule has 0 atom stereocenters. The number of amides is 2. The molecule has 96 valence electrons. The number of hydrogen-bond donors (Lipinski definition) is 1. The van der Waals surface area contributed by atoms with E-state index in [4.69, 9.17) is 12.2 Å². The Morgan fingerprint density at radius 2 is 2.05 bits per heavy atom. The van der Waals surface area contributed by atoms with Crippen LogP contribution in [0.3, 0.4) is 0 Å². The third-order valence-corrected chi connectivity index (χ3v) is 4.42. The van der Waals surface area contributed by atoms with Gasteiger partial charge in [-0.1, -0.05) is 30.4 Å². The second-order valence-corrected chi connectivity index (χ2v) is 5.51. The summed E-state index contributed by atoms with van der Waals surface area (Å²) < 4.78 is 0. The summed E-state index contributed by atoms with van der Waals surface area (Å²) in [5.41, 5.74) is 2.25. The SMILES string of the molecule is CCN1C(=O)C(=C2SC(=O)NC2=S)c2ccccc21. The highest BCUT2D eigenvalue weighted by Crippen LogP contribution is 2.42. The van der Waals surface area contributed by atoms with Gasteiger partial charge in [0, 0.05) is 12.1 Å². The van der Waals surface area contributed by atoms with Gasteiger partial charge in [-0.25, -0.2) is 0 Å². The van der Waals surface area contributed by atoms with Crippen molar-refractivity contribution in [2.24, 2.45) is 0 Å². The topological polar surface area (TPSA) is 49.4 Å². The molecule has 0 unspecified atom stereocenters. The summed E-state index contributed by atoms with van der Waals surface area (Å²) in [5.74, 6) is -0.0925. The Hall–Kier alpha value is -1.66. The minimum Gasteiger partial charge on any atom is -0.308 e. The van der Waals surface area contributed by atoms with E-state index in [-0.39, 0.29) is 11.1 Å². The Morgan fingerprint density at radius 3 is 2.68 bits per heavy atom. The van der Waals surface area contributed by atoms with Gasteiger partial charge in [-0.15, -0.1) is 0 Å². The average Bonchev–Trinajstić information content (AvgIpc) is 2.85. The number of thioether (sulfide) groups is 1. The summed E-state index contributed by atoms with van der Waals surface area (Å²) in [4.78, 5) is 26.5. The predicted octanol–water partition coefficient (Wildman–Crippen LogP) is 2.55. The Morgan fingerprint density at radius 1 is 1.32 bits per heavy atom. The summed E-state index contributed by atoms with van der Waals surface area (Å²) in [7, 11) is 0. The molecule has 2 amide bonds. The molecule has 3 rings (SSSR count). The van der Waals surface area contributed by atoms with Crippen molar-refractivity contribution in [1.29, 1.82) is 0 Å². The van der Waals surface area contributed by atoms with E-state index in [9.17, 15) is 9.59 Å². The molecule has 0 bridgehead atoms. The van der Waals surface area contributed by atoms with Gasteiger partial charge in [0.15, 0.2) is 0 Å². The van der Waals surface area contributed by atoms with E-state index < -0.39 is 0 Å². The maximum atomic E-state index is 12.5. The van der Waals surface area contributed by atoms with Crippen molar-refractivity contribution in [2.45, 2.75) is 6.92 Å². The highest BCUT2D eigenvalue weighted by molar-refractivity contribution is 8.19. The molecular weight excluding hydrogens is 280 g/mol. The van der Waals surface area contributed by atoms with Crippen LogP contribution in [-0.2, 0) is 4.79 Å². The fraction of sp³-hybridized carbons (Fsp3) is 0.154. The molecule has 0 radical (unpaired) electrons. The molecule has 0 saturated carbocycles. The van der Waals surface area contributed by atoms with Gasteiger partial charge in [0.05, 0.1) is 16.2 Å². The van der Waals surface area contributed by atoms with Crippen LogP contribution in [0.1, 0.15) is 12.5 Å². The van der Waals surface area contributed by atoms with E-state index in [0.717, 1.165) is 23.0 Å². The summed E-state index contributed by atoms with van der Waals surface area (Å²) in [6, 6.07) is 7.56. The van der Waals surface area contributed by atoms with E-state index in [0.29, 0.717) is 22.0 Å². The average molecular weight is 290 g/mol. The number of likely N-dealkylation sites (N-methyl/N-ethyl adjacent to an activating group) is 1. The minimum atomic E-state index is -0.229. The molecule has 4 nitrogen and oxygen atoms in total. The fourth-order valence-corrected chi connectivity index (χ4v) is 3.46. The van der Waals surface area contributed by atoms with Crippen LogP contribution in [-0.4, -0.2) is 22.7 Å². The molecule has 0 aromatic heterocycles. The van der Waals surface area contributed by atoms with Crippen LogP contribution in [0, 0.1) is 0 Å². The normalized spacial score (nSPS) is 21.9. The number of benzene rings is 1. The third-order valence-electron chi connectivity index (χ3n) is 3.08. The van der Waals surface area contributed by atoms with Crippen molar-refractivity contribution in [2.75, 3.05) is 11.4 Å². The van der Waals surface area contributed by atoms with Gasteiger partial charge in [0.1, 0.15) is 4.99 Å². The number of anilines is 1. The zero-order valence-electron chi connectivity index (χ0n) is 10.1. The first-order valence-electron chi connectivity index (χ1n) is 5.82. The first-order valence-corrected chi connectivity index (χ1v) is 7.04. The van der Waals surface area contributed by atoms with E-state index >= 15 is 0 Å². The van der Waals surface area contributed by atoms with Crippen LogP contribution in [0.25, 0.3) is 5.57 Å². The van der Waals surface area contributed by atoms with E-state index in [2.05, 4.69) is 5.32 Å². The van der Waals surface area contributed by atoms with Gasteiger partial charge in [-0.3, -0.25) is 9.59 Å². The van der Waals surface area contributed by atoms with Crippen molar-refractivity contribution in [1.82, 2.24) is 5.32 Å². The lowest BCUT2D eigenvalue weighted by Crippen LogP contribution is -2.26. The molecule has 2 heterocycles. The molecule has 2 aliphatic heterocycles. The first kappa shape index (κ1) is 12.4. The zero-order valence-corrected chi connectivity index (χ0v) is 11.7. The monoisotopic (exact) mass is 290 g/mol. The molecule has 6 heteroatoms. The number of nitrogens with zero attached hydrogens (tertiary/aromatic N) is 1. The summed E-state index contributed by atoms with van der Waals surface area (Å²) >= 11 is 6.12. The quantitative estimate of drug-likeness (QED) is 0.638.